The zero-order valence-corrected chi connectivity index (χ0v) is 18.7. The second kappa shape index (κ2) is 9.29. The number of rotatable bonds is 7. The Labute approximate surface area is 172 Å². The van der Waals surface area contributed by atoms with Gasteiger partial charge in [0.1, 0.15) is 11.2 Å². The Bertz CT molecular complexity index is 725. The molecule has 0 fully saturated rings. The maximum Gasteiger partial charge on any atom is 0.321 e. The van der Waals surface area contributed by atoms with Crippen molar-refractivity contribution in [1.29, 1.82) is 0 Å². The third-order valence-electron chi connectivity index (χ3n) is 3.90. The van der Waals surface area contributed by atoms with Gasteiger partial charge in [-0.05, 0) is 59.7 Å². The van der Waals surface area contributed by atoms with Gasteiger partial charge in [0.15, 0.2) is 23.2 Å². The van der Waals surface area contributed by atoms with E-state index in [9.17, 15) is 14.4 Å². The number of ether oxygens (including phenoxy) is 4. The third-order valence-corrected chi connectivity index (χ3v) is 3.90. The fraction of sp³-hybridized carbons (Fsp3) is 0.591. The van der Waals surface area contributed by atoms with E-state index < -0.39 is 40.8 Å². The van der Waals surface area contributed by atoms with Crippen LogP contribution in [0, 0.1) is 11.8 Å². The minimum atomic E-state index is -1.39. The average Bonchev–Trinajstić information content (AvgIpc) is 2.57. The zero-order chi connectivity index (χ0) is 22.6. The van der Waals surface area contributed by atoms with E-state index in [0.717, 1.165) is 0 Å². The van der Waals surface area contributed by atoms with Crippen LogP contribution in [0.5, 0.6) is 11.5 Å². The summed E-state index contributed by atoms with van der Waals surface area (Å²) in [5.41, 5.74) is -1.35. The van der Waals surface area contributed by atoms with Crippen LogP contribution in [0.1, 0.15) is 58.8 Å². The van der Waals surface area contributed by atoms with Crippen molar-refractivity contribution in [2.24, 2.45) is 11.8 Å². The van der Waals surface area contributed by atoms with E-state index in [1.54, 1.807) is 53.7 Å². The first-order valence-corrected chi connectivity index (χ1v) is 9.42. The highest BCUT2D eigenvalue weighted by Gasteiger charge is 2.42. The Hall–Kier alpha value is -2.57. The molecular formula is C22H32O7. The number of Topliss-reactive ketones (excluding diaryl/α,β-unsaturated/α-hetero) is 1. The van der Waals surface area contributed by atoms with Crippen LogP contribution in [-0.2, 0) is 19.1 Å². The Morgan fingerprint density at radius 1 is 0.793 bits per heavy atom. The molecule has 0 aliphatic carbocycles. The summed E-state index contributed by atoms with van der Waals surface area (Å²) in [6.45, 7) is 11.7. The highest BCUT2D eigenvalue weighted by atomic mass is 16.6. The SMILES string of the molecule is COc1ccc(C(=O)C(C)C(C(=O)OC(C)(C)C)C(=O)OC(C)(C)C)cc1OC. The lowest BCUT2D eigenvalue weighted by molar-refractivity contribution is -0.176. The minimum Gasteiger partial charge on any atom is -0.493 e. The molecule has 0 amide bonds. The van der Waals surface area contributed by atoms with Gasteiger partial charge >= 0.3 is 11.9 Å². The molecule has 0 saturated carbocycles. The molecule has 0 aromatic heterocycles. The Balaban J connectivity index is 3.27. The van der Waals surface area contributed by atoms with Gasteiger partial charge in [0, 0.05) is 11.5 Å². The van der Waals surface area contributed by atoms with Crippen LogP contribution < -0.4 is 9.47 Å². The topological polar surface area (TPSA) is 88.1 Å². The molecule has 162 valence electrons. The van der Waals surface area contributed by atoms with E-state index in [-0.39, 0.29) is 5.56 Å². The quantitative estimate of drug-likeness (QED) is 0.385. The van der Waals surface area contributed by atoms with Crippen LogP contribution in [0.15, 0.2) is 18.2 Å². The smallest absolute Gasteiger partial charge is 0.321 e. The molecule has 1 aromatic rings. The first-order chi connectivity index (χ1) is 13.2. The monoisotopic (exact) mass is 408 g/mol. The Morgan fingerprint density at radius 3 is 1.62 bits per heavy atom. The largest absolute Gasteiger partial charge is 0.493 e. The summed E-state index contributed by atoms with van der Waals surface area (Å²) in [6, 6.07) is 4.66. The molecule has 29 heavy (non-hydrogen) atoms. The normalized spacial score (nSPS) is 12.9. The maximum atomic E-state index is 13.1. The first-order valence-electron chi connectivity index (χ1n) is 9.42. The highest BCUT2D eigenvalue weighted by Crippen LogP contribution is 2.31. The summed E-state index contributed by atoms with van der Waals surface area (Å²) in [7, 11) is 2.95. The summed E-state index contributed by atoms with van der Waals surface area (Å²) >= 11 is 0. The van der Waals surface area contributed by atoms with Crippen LogP contribution in [0.25, 0.3) is 0 Å². The number of methoxy groups -OCH3 is 2. The predicted molar refractivity (Wildman–Crippen MR) is 108 cm³/mol. The second-order valence-corrected chi connectivity index (χ2v) is 8.77. The number of ketones is 1. The molecule has 1 atom stereocenters. The third kappa shape index (κ3) is 7.07. The van der Waals surface area contributed by atoms with Gasteiger partial charge in [0.25, 0.3) is 0 Å². The molecule has 0 aliphatic heterocycles. The molecule has 1 rings (SSSR count). The second-order valence-electron chi connectivity index (χ2n) is 8.77. The Kier molecular flexibility index (Phi) is 7.83. The van der Waals surface area contributed by atoms with Crippen molar-refractivity contribution in [2.45, 2.75) is 59.7 Å². The lowest BCUT2D eigenvalue weighted by Crippen LogP contribution is -2.42. The highest BCUT2D eigenvalue weighted by molar-refractivity contribution is 6.06. The molecule has 7 heteroatoms. The van der Waals surface area contributed by atoms with Gasteiger partial charge in [-0.15, -0.1) is 0 Å². The molecule has 1 unspecified atom stereocenters. The fourth-order valence-corrected chi connectivity index (χ4v) is 2.64. The van der Waals surface area contributed by atoms with Crippen LogP contribution >= 0.6 is 0 Å². The van der Waals surface area contributed by atoms with E-state index in [4.69, 9.17) is 18.9 Å². The number of carbonyl (C=O) groups excluding carboxylic acids is 3. The van der Waals surface area contributed by atoms with Gasteiger partial charge < -0.3 is 18.9 Å². The molecular weight excluding hydrogens is 376 g/mol. The number of hydrogen-bond donors (Lipinski definition) is 0. The number of esters is 2. The van der Waals surface area contributed by atoms with Crippen molar-refractivity contribution in [3.63, 3.8) is 0 Å². The molecule has 7 nitrogen and oxygen atoms in total. The maximum absolute atomic E-state index is 13.1. The lowest BCUT2D eigenvalue weighted by Gasteiger charge is -2.28. The molecule has 0 saturated heterocycles. The molecule has 0 bridgehead atoms. The standard InChI is InChI=1S/C22H32O7/c1-13(18(23)14-10-11-15(26-8)16(12-14)27-9)17(19(24)28-21(2,3)4)20(25)29-22(5,6)7/h10-13,17H,1-9H3. The fourth-order valence-electron chi connectivity index (χ4n) is 2.64. The summed E-state index contributed by atoms with van der Waals surface area (Å²) in [6.07, 6.45) is 0. The number of benzene rings is 1. The zero-order valence-electron chi connectivity index (χ0n) is 18.7. The molecule has 0 spiro atoms. The first kappa shape index (κ1) is 24.5. The molecule has 0 N–H and O–H groups in total. The molecule has 1 aromatic carbocycles. The van der Waals surface area contributed by atoms with Gasteiger partial charge in [0.05, 0.1) is 14.2 Å². The average molecular weight is 408 g/mol. The van der Waals surface area contributed by atoms with Crippen molar-refractivity contribution < 1.29 is 33.3 Å². The van der Waals surface area contributed by atoms with Gasteiger partial charge in [-0.2, -0.15) is 0 Å². The lowest BCUT2D eigenvalue weighted by atomic mass is 9.86. The summed E-state index contributed by atoms with van der Waals surface area (Å²) < 4.78 is 21.2. The van der Waals surface area contributed by atoms with Gasteiger partial charge in [0.2, 0.25) is 0 Å². The Morgan fingerprint density at radius 2 is 1.24 bits per heavy atom. The van der Waals surface area contributed by atoms with E-state index >= 15 is 0 Å². The van der Waals surface area contributed by atoms with Gasteiger partial charge in [-0.25, -0.2) is 0 Å². The molecule has 0 heterocycles. The van der Waals surface area contributed by atoms with Gasteiger partial charge in [-0.1, -0.05) is 6.92 Å². The summed E-state index contributed by atoms with van der Waals surface area (Å²) in [4.78, 5) is 38.6. The van der Waals surface area contributed by atoms with E-state index in [0.29, 0.717) is 11.5 Å². The van der Waals surface area contributed by atoms with Crippen molar-refractivity contribution >= 4 is 17.7 Å². The van der Waals surface area contributed by atoms with Gasteiger partial charge in [-0.3, -0.25) is 14.4 Å². The number of hydrogen-bond acceptors (Lipinski definition) is 7. The van der Waals surface area contributed by atoms with Crippen molar-refractivity contribution in [3.05, 3.63) is 23.8 Å². The summed E-state index contributed by atoms with van der Waals surface area (Å²) in [5.74, 6) is -3.56. The van der Waals surface area contributed by atoms with Crippen LogP contribution in [-0.4, -0.2) is 43.1 Å². The minimum absolute atomic E-state index is 0.285. The van der Waals surface area contributed by atoms with E-state index in [1.807, 2.05) is 0 Å². The van der Waals surface area contributed by atoms with Crippen LogP contribution in [0.4, 0.5) is 0 Å². The van der Waals surface area contributed by atoms with Crippen LogP contribution in [0.3, 0.4) is 0 Å². The number of carbonyl (C=O) groups is 3. The van der Waals surface area contributed by atoms with Crippen LogP contribution in [0.2, 0.25) is 0 Å². The van der Waals surface area contributed by atoms with E-state index in [1.165, 1.54) is 27.2 Å². The van der Waals surface area contributed by atoms with Crippen molar-refractivity contribution in [3.8, 4) is 11.5 Å². The van der Waals surface area contributed by atoms with Crippen molar-refractivity contribution in [1.82, 2.24) is 0 Å². The van der Waals surface area contributed by atoms with Crippen molar-refractivity contribution in [2.75, 3.05) is 14.2 Å². The summed E-state index contributed by atoms with van der Waals surface area (Å²) in [5, 5.41) is 0. The predicted octanol–water partition coefficient (Wildman–Crippen LogP) is 3.82. The molecule has 0 aliphatic rings. The van der Waals surface area contributed by atoms with E-state index in [2.05, 4.69) is 0 Å². The molecule has 0 radical (unpaired) electrons.